The molecule has 2 atom stereocenters. The summed E-state index contributed by atoms with van der Waals surface area (Å²) >= 11 is 0. The highest BCUT2D eigenvalue weighted by atomic mass is 19.3. The lowest BCUT2D eigenvalue weighted by Crippen LogP contribution is -2.36. The monoisotopic (exact) mass is 317 g/mol. The average molecular weight is 317 g/mol. The van der Waals surface area contributed by atoms with Crippen molar-refractivity contribution < 1.29 is 8.78 Å². The smallest absolute Gasteiger partial charge is 0.246 e. The Hall–Kier alpha value is -1.78. The maximum absolute atomic E-state index is 13.1. The van der Waals surface area contributed by atoms with Crippen LogP contribution in [0.15, 0.2) is 30.9 Å². The molecule has 0 amide bonds. The number of hydrogen-bond acceptors (Lipinski definition) is 2. The lowest BCUT2D eigenvalue weighted by Gasteiger charge is -2.35. The van der Waals surface area contributed by atoms with Crippen LogP contribution in [0.5, 0.6) is 0 Å². The van der Waals surface area contributed by atoms with Crippen LogP contribution in [0.25, 0.3) is 5.57 Å². The van der Waals surface area contributed by atoms with Gasteiger partial charge in [-0.25, -0.2) is 18.4 Å². The van der Waals surface area contributed by atoms with Gasteiger partial charge in [0.25, 0.3) is 0 Å². The van der Waals surface area contributed by atoms with Gasteiger partial charge in [0.2, 0.25) is 5.92 Å². The molecule has 1 fully saturated rings. The fourth-order valence-electron chi connectivity index (χ4n) is 3.99. The van der Waals surface area contributed by atoms with E-state index >= 15 is 0 Å². The van der Waals surface area contributed by atoms with Crippen molar-refractivity contribution in [2.45, 2.75) is 51.0 Å². The van der Waals surface area contributed by atoms with Crippen LogP contribution < -0.4 is 0 Å². The van der Waals surface area contributed by atoms with E-state index < -0.39 is 5.92 Å². The van der Waals surface area contributed by atoms with E-state index in [2.05, 4.69) is 47.9 Å². The maximum Gasteiger partial charge on any atom is 0.249 e. The first-order valence-electron chi connectivity index (χ1n) is 8.25. The minimum Gasteiger partial charge on any atom is -0.246 e. The number of allylic oxidation sites excluding steroid dienone is 5. The molecule has 0 radical (unpaired) electrons. The molecule has 1 aliphatic heterocycles. The van der Waals surface area contributed by atoms with Crippen molar-refractivity contribution in [3.8, 4) is 0 Å². The Kier molecular flexibility index (Phi) is 3.12. The van der Waals surface area contributed by atoms with Gasteiger partial charge in [-0.05, 0) is 24.3 Å². The number of aryl methyl sites for hydroxylation is 1. The Morgan fingerprint density at radius 1 is 1.35 bits per heavy atom. The topological polar surface area (TPSA) is 30.7 Å². The first kappa shape index (κ1) is 14.8. The minimum absolute atomic E-state index is 0.0375. The van der Waals surface area contributed by atoms with Crippen molar-refractivity contribution in [2.24, 2.45) is 11.3 Å². The Balaban J connectivity index is 1.57. The summed E-state index contributed by atoms with van der Waals surface area (Å²) in [4.78, 5) is 4.58. The quantitative estimate of drug-likeness (QED) is 0.830. The molecule has 0 N–H and O–H groups in total. The highest BCUT2D eigenvalue weighted by Gasteiger charge is 2.47. The highest BCUT2D eigenvalue weighted by molar-refractivity contribution is 5.60. The van der Waals surface area contributed by atoms with Gasteiger partial charge in [0.05, 0.1) is 6.04 Å². The van der Waals surface area contributed by atoms with Crippen LogP contribution in [0.4, 0.5) is 8.78 Å². The third-order valence-electron chi connectivity index (χ3n) is 5.55. The number of halogens is 2. The number of hydrogen-bond donors (Lipinski definition) is 0. The number of aromatic nitrogens is 3. The van der Waals surface area contributed by atoms with Crippen LogP contribution >= 0.6 is 0 Å². The molecule has 2 heterocycles. The van der Waals surface area contributed by atoms with Crippen molar-refractivity contribution in [1.82, 2.24) is 14.8 Å². The fraction of sp³-hybridized carbons (Fsp3) is 0.556. The van der Waals surface area contributed by atoms with Crippen LogP contribution in [0, 0.1) is 11.3 Å². The van der Waals surface area contributed by atoms with E-state index in [0.717, 1.165) is 25.1 Å². The SMILES string of the molecule is C=C(c1nc2n(n1)[C@@H](C1(C)C=CC=CC1)CC2)C1CC(F)(F)C1. The second kappa shape index (κ2) is 4.86. The fourth-order valence-corrected chi connectivity index (χ4v) is 3.99. The van der Waals surface area contributed by atoms with E-state index in [1.165, 1.54) is 0 Å². The summed E-state index contributed by atoms with van der Waals surface area (Å²) in [7, 11) is 0. The van der Waals surface area contributed by atoms with Gasteiger partial charge < -0.3 is 0 Å². The zero-order valence-electron chi connectivity index (χ0n) is 13.3. The van der Waals surface area contributed by atoms with E-state index in [1.54, 1.807) is 0 Å². The van der Waals surface area contributed by atoms with Crippen molar-refractivity contribution in [2.75, 3.05) is 0 Å². The molecule has 122 valence electrons. The number of nitrogens with zero attached hydrogens (tertiary/aromatic N) is 3. The summed E-state index contributed by atoms with van der Waals surface area (Å²) in [5, 5.41) is 4.65. The predicted molar refractivity (Wildman–Crippen MR) is 85.1 cm³/mol. The predicted octanol–water partition coefficient (Wildman–Crippen LogP) is 4.35. The first-order chi connectivity index (χ1) is 10.9. The molecule has 1 aromatic heterocycles. The summed E-state index contributed by atoms with van der Waals surface area (Å²) in [5.74, 6) is -1.20. The van der Waals surface area contributed by atoms with Gasteiger partial charge in [-0.3, -0.25) is 0 Å². The molecule has 0 saturated heterocycles. The second-order valence-electron chi connectivity index (χ2n) is 7.33. The summed E-state index contributed by atoms with van der Waals surface area (Å²) in [5.41, 5.74) is 0.705. The molecule has 1 saturated carbocycles. The van der Waals surface area contributed by atoms with Crippen molar-refractivity contribution in [3.63, 3.8) is 0 Å². The van der Waals surface area contributed by atoms with Crippen molar-refractivity contribution >= 4 is 5.57 Å². The summed E-state index contributed by atoms with van der Waals surface area (Å²) in [6.45, 7) is 6.23. The van der Waals surface area contributed by atoms with Gasteiger partial charge in [-0.2, -0.15) is 5.10 Å². The molecule has 0 aromatic carbocycles. The minimum atomic E-state index is -2.54. The number of alkyl halides is 2. The standard InChI is InChI=1S/C18H21F2N3/c1-12(13-10-18(19,20)11-13)16-21-15-7-6-14(23(15)22-16)17(2)8-4-3-5-9-17/h3-5,8,13-14H,1,6-7,9-11H2,2H3/t14-,17?/m1/s1. The van der Waals surface area contributed by atoms with Crippen molar-refractivity contribution in [1.29, 1.82) is 0 Å². The molecule has 4 rings (SSSR count). The molecule has 3 nitrogen and oxygen atoms in total. The second-order valence-corrected chi connectivity index (χ2v) is 7.33. The molecule has 3 aliphatic rings. The summed E-state index contributed by atoms with van der Waals surface area (Å²) in [6.07, 6.45) is 11.3. The van der Waals surface area contributed by atoms with Crippen LogP contribution in [0.1, 0.15) is 50.3 Å². The third kappa shape index (κ3) is 2.37. The molecular weight excluding hydrogens is 296 g/mol. The van der Waals surface area contributed by atoms with Gasteiger partial charge in [-0.15, -0.1) is 0 Å². The third-order valence-corrected chi connectivity index (χ3v) is 5.55. The summed E-state index contributed by atoms with van der Waals surface area (Å²) in [6, 6.07) is 0.274. The van der Waals surface area contributed by atoms with Crippen molar-refractivity contribution in [3.05, 3.63) is 42.5 Å². The van der Waals surface area contributed by atoms with E-state index in [-0.39, 0.29) is 30.2 Å². The first-order valence-corrected chi connectivity index (χ1v) is 8.25. The largest absolute Gasteiger partial charge is 0.249 e. The molecule has 23 heavy (non-hydrogen) atoms. The van der Waals surface area contributed by atoms with E-state index in [4.69, 9.17) is 0 Å². The Morgan fingerprint density at radius 2 is 2.13 bits per heavy atom. The molecule has 0 bridgehead atoms. The number of fused-ring (bicyclic) bond motifs is 1. The zero-order valence-corrected chi connectivity index (χ0v) is 13.3. The molecule has 2 aliphatic carbocycles. The molecule has 1 aromatic rings. The lowest BCUT2D eigenvalue weighted by molar-refractivity contribution is -0.0935. The Labute approximate surface area is 134 Å². The van der Waals surface area contributed by atoms with Crippen LogP contribution in [0.2, 0.25) is 0 Å². The Bertz CT molecular complexity index is 708. The molecular formula is C18H21F2N3. The van der Waals surface area contributed by atoms with E-state index in [1.807, 2.05) is 4.68 Å². The lowest BCUT2D eigenvalue weighted by atomic mass is 9.76. The maximum atomic E-state index is 13.1. The number of rotatable bonds is 3. The molecule has 1 unspecified atom stereocenters. The van der Waals surface area contributed by atoms with Crippen LogP contribution in [-0.2, 0) is 6.42 Å². The molecule has 5 heteroatoms. The van der Waals surface area contributed by atoms with E-state index in [9.17, 15) is 8.78 Å². The van der Waals surface area contributed by atoms with Gasteiger partial charge >= 0.3 is 0 Å². The van der Waals surface area contributed by atoms with Gasteiger partial charge in [-0.1, -0.05) is 37.8 Å². The van der Waals surface area contributed by atoms with Gasteiger partial charge in [0.15, 0.2) is 5.82 Å². The highest BCUT2D eigenvalue weighted by Crippen LogP contribution is 2.49. The molecule has 0 spiro atoms. The average Bonchev–Trinajstić information content (AvgIpc) is 3.04. The van der Waals surface area contributed by atoms with Crippen LogP contribution in [0.3, 0.4) is 0 Å². The normalized spacial score (nSPS) is 31.9. The van der Waals surface area contributed by atoms with Crippen LogP contribution in [-0.4, -0.2) is 20.7 Å². The van der Waals surface area contributed by atoms with Gasteiger partial charge in [0.1, 0.15) is 5.82 Å². The summed E-state index contributed by atoms with van der Waals surface area (Å²) < 4.78 is 28.2. The Morgan fingerprint density at radius 3 is 2.78 bits per heavy atom. The van der Waals surface area contributed by atoms with E-state index in [0.29, 0.717) is 11.4 Å². The zero-order chi connectivity index (χ0) is 16.2. The van der Waals surface area contributed by atoms with Gasteiger partial charge in [0, 0.05) is 24.7 Å².